The molecule has 2 aromatic rings. The highest BCUT2D eigenvalue weighted by molar-refractivity contribution is 6.01. The third kappa shape index (κ3) is 2.21. The maximum atomic E-state index is 11.6. The first-order valence-electron chi connectivity index (χ1n) is 7.05. The summed E-state index contributed by atoms with van der Waals surface area (Å²) in [7, 11) is 0. The summed E-state index contributed by atoms with van der Waals surface area (Å²) in [6.07, 6.45) is 9.74. The van der Waals surface area contributed by atoms with E-state index in [-0.39, 0.29) is 0 Å². The highest BCUT2D eigenvalue weighted by Gasteiger charge is 2.24. The van der Waals surface area contributed by atoms with Crippen LogP contribution in [0.2, 0.25) is 0 Å². The molecule has 20 heavy (non-hydrogen) atoms. The normalized spacial score (nSPS) is 22.9. The molecule has 1 aliphatic rings. The van der Waals surface area contributed by atoms with Crippen molar-refractivity contribution in [2.24, 2.45) is 11.7 Å². The highest BCUT2D eigenvalue weighted by atomic mass is 16.1. The first-order chi connectivity index (χ1) is 9.66. The Kier molecular flexibility index (Phi) is 3.30. The number of fused-ring (bicyclic) bond motifs is 1. The van der Waals surface area contributed by atoms with Gasteiger partial charge in [0.2, 0.25) is 0 Å². The molecule has 2 heterocycles. The van der Waals surface area contributed by atoms with Crippen LogP contribution in [-0.4, -0.2) is 26.5 Å². The molecular weight excluding hydrogens is 254 g/mol. The number of nitrogens with zero attached hydrogens (tertiary/aromatic N) is 3. The number of carbonyl (C=O) groups is 1. The van der Waals surface area contributed by atoms with Crippen LogP contribution in [0.25, 0.3) is 5.65 Å². The highest BCUT2D eigenvalue weighted by Crippen LogP contribution is 2.29. The van der Waals surface area contributed by atoms with Gasteiger partial charge in [-0.2, -0.15) is 5.10 Å². The summed E-state index contributed by atoms with van der Waals surface area (Å²) in [5.41, 5.74) is 7.22. The van der Waals surface area contributed by atoms with Crippen molar-refractivity contribution < 1.29 is 4.79 Å². The van der Waals surface area contributed by atoms with Crippen LogP contribution >= 0.6 is 0 Å². The smallest absolute Gasteiger partial charge is 0.252 e. The largest absolute Gasteiger partial charge is 0.378 e. The van der Waals surface area contributed by atoms with Crippen LogP contribution in [0.3, 0.4) is 0 Å². The van der Waals surface area contributed by atoms with Crippen molar-refractivity contribution in [2.45, 2.75) is 38.6 Å². The molecule has 1 amide bonds. The SMILES string of the molecule is CC1CCCCC1Nc1c(C(N)=O)cnn2ccnc12. The second-order valence-electron chi connectivity index (χ2n) is 5.51. The lowest BCUT2D eigenvalue weighted by molar-refractivity contribution is 0.100. The van der Waals surface area contributed by atoms with E-state index >= 15 is 0 Å². The number of imidazole rings is 1. The van der Waals surface area contributed by atoms with E-state index in [1.54, 1.807) is 16.9 Å². The number of amides is 1. The Labute approximate surface area is 117 Å². The molecule has 0 spiro atoms. The zero-order chi connectivity index (χ0) is 14.1. The number of hydrogen-bond donors (Lipinski definition) is 2. The molecule has 0 aliphatic heterocycles. The average Bonchev–Trinajstić information content (AvgIpc) is 2.90. The number of anilines is 1. The Bertz CT molecular complexity index is 636. The minimum atomic E-state index is -0.478. The summed E-state index contributed by atoms with van der Waals surface area (Å²) in [5.74, 6) is 0.0987. The van der Waals surface area contributed by atoms with Gasteiger partial charge in [0.25, 0.3) is 5.91 Å². The molecule has 3 rings (SSSR count). The molecule has 2 atom stereocenters. The predicted octanol–water partition coefficient (Wildman–Crippen LogP) is 1.82. The summed E-state index contributed by atoms with van der Waals surface area (Å²) in [5, 5.41) is 7.63. The second-order valence-corrected chi connectivity index (χ2v) is 5.51. The van der Waals surface area contributed by atoms with E-state index in [2.05, 4.69) is 22.3 Å². The molecule has 2 unspecified atom stereocenters. The number of nitrogens with one attached hydrogen (secondary N) is 1. The monoisotopic (exact) mass is 273 g/mol. The Morgan fingerprint density at radius 2 is 2.25 bits per heavy atom. The fraction of sp³-hybridized carbons (Fsp3) is 0.500. The van der Waals surface area contributed by atoms with Crippen molar-refractivity contribution in [2.75, 3.05) is 5.32 Å². The molecule has 0 bridgehead atoms. The Balaban J connectivity index is 2.01. The van der Waals surface area contributed by atoms with Crippen LogP contribution < -0.4 is 11.1 Å². The maximum Gasteiger partial charge on any atom is 0.252 e. The van der Waals surface area contributed by atoms with E-state index < -0.39 is 5.91 Å². The van der Waals surface area contributed by atoms with Gasteiger partial charge >= 0.3 is 0 Å². The minimum Gasteiger partial charge on any atom is -0.378 e. The summed E-state index contributed by atoms with van der Waals surface area (Å²) >= 11 is 0. The van der Waals surface area contributed by atoms with Crippen LogP contribution in [0, 0.1) is 5.92 Å². The number of rotatable bonds is 3. The van der Waals surface area contributed by atoms with E-state index in [1.165, 1.54) is 25.5 Å². The molecule has 1 fully saturated rings. The van der Waals surface area contributed by atoms with Crippen LogP contribution in [-0.2, 0) is 0 Å². The summed E-state index contributed by atoms with van der Waals surface area (Å²) < 4.78 is 1.66. The molecule has 0 radical (unpaired) electrons. The molecule has 1 saturated carbocycles. The molecular formula is C14H19N5O. The standard InChI is InChI=1S/C14H19N5O/c1-9-4-2-3-5-11(9)18-12-10(13(15)20)8-17-19-7-6-16-14(12)19/h6-9,11,18H,2-5H2,1H3,(H2,15,20). The lowest BCUT2D eigenvalue weighted by Crippen LogP contribution is -2.31. The van der Waals surface area contributed by atoms with Gasteiger partial charge in [-0.1, -0.05) is 19.8 Å². The summed E-state index contributed by atoms with van der Waals surface area (Å²) in [4.78, 5) is 15.9. The topological polar surface area (TPSA) is 85.3 Å². The van der Waals surface area contributed by atoms with Crippen molar-refractivity contribution in [3.63, 3.8) is 0 Å². The average molecular weight is 273 g/mol. The third-order valence-corrected chi connectivity index (χ3v) is 4.13. The van der Waals surface area contributed by atoms with Crippen LogP contribution in [0.15, 0.2) is 18.6 Å². The Morgan fingerprint density at radius 3 is 3.00 bits per heavy atom. The van der Waals surface area contributed by atoms with E-state index in [1.807, 2.05) is 0 Å². The quantitative estimate of drug-likeness (QED) is 0.893. The Hall–Kier alpha value is -2.11. The van der Waals surface area contributed by atoms with Gasteiger partial charge < -0.3 is 11.1 Å². The molecule has 1 aliphatic carbocycles. The minimum absolute atomic E-state index is 0.352. The van der Waals surface area contributed by atoms with E-state index in [4.69, 9.17) is 5.73 Å². The third-order valence-electron chi connectivity index (χ3n) is 4.13. The lowest BCUT2D eigenvalue weighted by atomic mass is 9.86. The fourth-order valence-corrected chi connectivity index (χ4v) is 2.92. The van der Waals surface area contributed by atoms with Crippen LogP contribution in [0.5, 0.6) is 0 Å². The lowest BCUT2D eigenvalue weighted by Gasteiger charge is -2.30. The summed E-state index contributed by atoms with van der Waals surface area (Å²) in [6, 6.07) is 0.352. The van der Waals surface area contributed by atoms with E-state index in [0.29, 0.717) is 28.9 Å². The van der Waals surface area contributed by atoms with Gasteiger partial charge in [0.15, 0.2) is 5.65 Å². The molecule has 6 heteroatoms. The zero-order valence-electron chi connectivity index (χ0n) is 11.5. The van der Waals surface area contributed by atoms with Gasteiger partial charge in [0, 0.05) is 18.4 Å². The number of aromatic nitrogens is 3. The predicted molar refractivity (Wildman–Crippen MR) is 76.5 cm³/mol. The number of primary amides is 1. The number of hydrogen-bond acceptors (Lipinski definition) is 4. The summed E-state index contributed by atoms with van der Waals surface area (Å²) in [6.45, 7) is 2.24. The second kappa shape index (κ2) is 5.11. The maximum absolute atomic E-state index is 11.6. The van der Waals surface area contributed by atoms with Crippen molar-refractivity contribution >= 4 is 17.2 Å². The molecule has 0 aromatic carbocycles. The van der Waals surface area contributed by atoms with Gasteiger partial charge in [-0.3, -0.25) is 4.79 Å². The van der Waals surface area contributed by atoms with Crippen molar-refractivity contribution in [3.8, 4) is 0 Å². The first kappa shape index (κ1) is 12.9. The van der Waals surface area contributed by atoms with Gasteiger partial charge in [0.05, 0.1) is 17.4 Å². The molecule has 106 valence electrons. The van der Waals surface area contributed by atoms with E-state index in [9.17, 15) is 4.79 Å². The van der Waals surface area contributed by atoms with Gasteiger partial charge in [-0.25, -0.2) is 9.50 Å². The van der Waals surface area contributed by atoms with Gasteiger partial charge in [-0.05, 0) is 18.8 Å². The van der Waals surface area contributed by atoms with Crippen LogP contribution in [0.4, 0.5) is 5.69 Å². The fourth-order valence-electron chi connectivity index (χ4n) is 2.92. The van der Waals surface area contributed by atoms with Gasteiger partial charge in [0.1, 0.15) is 0 Å². The first-order valence-corrected chi connectivity index (χ1v) is 7.05. The van der Waals surface area contributed by atoms with Crippen LogP contribution in [0.1, 0.15) is 43.0 Å². The van der Waals surface area contributed by atoms with Crippen molar-refractivity contribution in [1.82, 2.24) is 14.6 Å². The van der Waals surface area contributed by atoms with Crippen molar-refractivity contribution in [1.29, 1.82) is 0 Å². The Morgan fingerprint density at radius 1 is 1.45 bits per heavy atom. The van der Waals surface area contributed by atoms with Crippen molar-refractivity contribution in [3.05, 3.63) is 24.2 Å². The molecule has 3 N–H and O–H groups in total. The molecule has 0 saturated heterocycles. The number of carbonyl (C=O) groups excluding carboxylic acids is 1. The molecule has 2 aromatic heterocycles. The molecule has 6 nitrogen and oxygen atoms in total. The number of nitrogens with two attached hydrogens (primary N) is 1. The van der Waals surface area contributed by atoms with Gasteiger partial charge in [-0.15, -0.1) is 0 Å². The van der Waals surface area contributed by atoms with E-state index in [0.717, 1.165) is 6.42 Å². The zero-order valence-corrected chi connectivity index (χ0v) is 11.5.